The number of aromatic nitrogens is 1. The zero-order valence-electron chi connectivity index (χ0n) is 16.7. The number of hydrogen-bond donors (Lipinski definition) is 0. The summed E-state index contributed by atoms with van der Waals surface area (Å²) < 4.78 is 11.7. The van der Waals surface area contributed by atoms with Crippen LogP contribution in [0.15, 0.2) is 79.1 Å². The molecule has 0 N–H and O–H groups in total. The minimum absolute atomic E-state index is 0.683. The van der Waals surface area contributed by atoms with Crippen molar-refractivity contribution in [2.75, 3.05) is 26.2 Å². The van der Waals surface area contributed by atoms with E-state index in [0.717, 1.165) is 36.8 Å². The van der Waals surface area contributed by atoms with E-state index in [1.165, 1.54) is 31.5 Å². The summed E-state index contributed by atoms with van der Waals surface area (Å²) in [5.41, 5.74) is 1.43. The average molecular weight is 389 g/mol. The number of para-hydroxylation sites is 1. The second-order valence-electron chi connectivity index (χ2n) is 7.48. The van der Waals surface area contributed by atoms with Gasteiger partial charge in [-0.3, -0.25) is 4.98 Å². The molecule has 0 unspecified atom stereocenters. The molecule has 4 nitrogen and oxygen atoms in total. The Morgan fingerprint density at radius 3 is 2.17 bits per heavy atom. The van der Waals surface area contributed by atoms with Crippen LogP contribution in [0.4, 0.5) is 0 Å². The maximum atomic E-state index is 5.90. The summed E-state index contributed by atoms with van der Waals surface area (Å²) in [5.74, 6) is 3.23. The number of hydrogen-bond acceptors (Lipinski definition) is 4. The van der Waals surface area contributed by atoms with Crippen LogP contribution in [0.25, 0.3) is 0 Å². The SMILES string of the molecule is c1ccc(Oc2ccc(OCCCN3CCC(c4ccncc4)CC3)cc2)cc1. The maximum absolute atomic E-state index is 5.90. The molecular formula is C25H28N2O2. The van der Waals surface area contributed by atoms with Crippen LogP contribution in [0.1, 0.15) is 30.7 Å². The third kappa shape index (κ3) is 5.81. The van der Waals surface area contributed by atoms with E-state index >= 15 is 0 Å². The van der Waals surface area contributed by atoms with Crippen LogP contribution in [-0.4, -0.2) is 36.1 Å². The summed E-state index contributed by atoms with van der Waals surface area (Å²) in [6, 6.07) is 22.0. The van der Waals surface area contributed by atoms with Gasteiger partial charge in [-0.2, -0.15) is 0 Å². The molecule has 4 heteroatoms. The van der Waals surface area contributed by atoms with E-state index in [1.54, 1.807) is 0 Å². The molecule has 2 heterocycles. The number of likely N-dealkylation sites (tertiary alicyclic amines) is 1. The smallest absolute Gasteiger partial charge is 0.127 e. The topological polar surface area (TPSA) is 34.6 Å². The van der Waals surface area contributed by atoms with E-state index in [-0.39, 0.29) is 0 Å². The Hall–Kier alpha value is -2.85. The first-order valence-electron chi connectivity index (χ1n) is 10.4. The van der Waals surface area contributed by atoms with Gasteiger partial charge in [-0.1, -0.05) is 18.2 Å². The Kier molecular flexibility index (Phi) is 6.76. The summed E-state index contributed by atoms with van der Waals surface area (Å²) in [6.45, 7) is 4.17. The maximum Gasteiger partial charge on any atom is 0.127 e. The first-order chi connectivity index (χ1) is 14.4. The van der Waals surface area contributed by atoms with Crippen LogP contribution in [-0.2, 0) is 0 Å². The van der Waals surface area contributed by atoms with Crippen molar-refractivity contribution in [1.82, 2.24) is 9.88 Å². The van der Waals surface area contributed by atoms with Gasteiger partial charge in [0.25, 0.3) is 0 Å². The van der Waals surface area contributed by atoms with Crippen LogP contribution in [0.5, 0.6) is 17.2 Å². The van der Waals surface area contributed by atoms with Crippen molar-refractivity contribution >= 4 is 0 Å². The number of rotatable bonds is 8. The van der Waals surface area contributed by atoms with Gasteiger partial charge in [0.2, 0.25) is 0 Å². The van der Waals surface area contributed by atoms with Crippen LogP contribution < -0.4 is 9.47 Å². The Balaban J connectivity index is 1.14. The molecule has 2 aromatic carbocycles. The largest absolute Gasteiger partial charge is 0.494 e. The van der Waals surface area contributed by atoms with Gasteiger partial charge >= 0.3 is 0 Å². The van der Waals surface area contributed by atoms with E-state index < -0.39 is 0 Å². The molecule has 1 aliphatic rings. The second-order valence-corrected chi connectivity index (χ2v) is 7.48. The highest BCUT2D eigenvalue weighted by Gasteiger charge is 2.20. The number of ether oxygens (including phenoxy) is 2. The minimum atomic E-state index is 0.683. The normalized spacial score (nSPS) is 15.2. The standard InChI is InChI=1S/C25H28N2O2/c1-2-5-24(6-3-1)29-25-9-7-23(8-10-25)28-20-4-17-27-18-13-22(14-19-27)21-11-15-26-16-12-21/h1-3,5-12,15-16,22H,4,13-14,17-20H2. The van der Waals surface area contributed by atoms with E-state index in [9.17, 15) is 0 Å². The third-order valence-corrected chi connectivity index (χ3v) is 5.46. The van der Waals surface area contributed by atoms with E-state index in [1.807, 2.05) is 67.0 Å². The first-order valence-corrected chi connectivity index (χ1v) is 10.4. The van der Waals surface area contributed by atoms with Crippen molar-refractivity contribution in [3.05, 3.63) is 84.7 Å². The lowest BCUT2D eigenvalue weighted by Gasteiger charge is -2.32. The molecule has 0 radical (unpaired) electrons. The fourth-order valence-corrected chi connectivity index (χ4v) is 3.83. The van der Waals surface area contributed by atoms with Crippen LogP contribution in [0.2, 0.25) is 0 Å². The van der Waals surface area contributed by atoms with Gasteiger partial charge in [0.05, 0.1) is 6.61 Å². The summed E-state index contributed by atoms with van der Waals surface area (Å²) in [6.07, 6.45) is 7.31. The lowest BCUT2D eigenvalue weighted by atomic mass is 9.90. The molecule has 1 fully saturated rings. The number of pyridine rings is 1. The van der Waals surface area contributed by atoms with Gasteiger partial charge in [0, 0.05) is 18.9 Å². The molecule has 150 valence electrons. The second kappa shape index (κ2) is 10.1. The summed E-state index contributed by atoms with van der Waals surface area (Å²) in [4.78, 5) is 6.68. The predicted octanol–water partition coefficient (Wildman–Crippen LogP) is 5.52. The molecule has 1 saturated heterocycles. The zero-order valence-corrected chi connectivity index (χ0v) is 16.7. The monoisotopic (exact) mass is 388 g/mol. The number of nitrogens with zero attached hydrogens (tertiary/aromatic N) is 2. The van der Waals surface area contributed by atoms with Gasteiger partial charge in [-0.05, 0) is 92.4 Å². The average Bonchev–Trinajstić information content (AvgIpc) is 2.79. The summed E-state index contributed by atoms with van der Waals surface area (Å²) in [7, 11) is 0. The van der Waals surface area contributed by atoms with Gasteiger partial charge < -0.3 is 14.4 Å². The first kappa shape index (κ1) is 19.5. The lowest BCUT2D eigenvalue weighted by Crippen LogP contribution is -2.34. The van der Waals surface area contributed by atoms with Crippen LogP contribution in [0.3, 0.4) is 0 Å². The van der Waals surface area contributed by atoms with Crippen molar-refractivity contribution in [1.29, 1.82) is 0 Å². The van der Waals surface area contributed by atoms with Crippen molar-refractivity contribution in [2.45, 2.75) is 25.2 Å². The van der Waals surface area contributed by atoms with E-state index in [0.29, 0.717) is 5.92 Å². The zero-order chi connectivity index (χ0) is 19.7. The van der Waals surface area contributed by atoms with Gasteiger partial charge in [-0.25, -0.2) is 0 Å². The van der Waals surface area contributed by atoms with Crippen molar-refractivity contribution in [2.24, 2.45) is 0 Å². The van der Waals surface area contributed by atoms with Gasteiger partial charge in [0.1, 0.15) is 17.2 Å². The Morgan fingerprint density at radius 1 is 0.793 bits per heavy atom. The molecule has 1 aromatic heterocycles. The van der Waals surface area contributed by atoms with Crippen molar-refractivity contribution < 1.29 is 9.47 Å². The Bertz CT molecular complexity index is 845. The fourth-order valence-electron chi connectivity index (χ4n) is 3.83. The molecule has 0 amide bonds. The summed E-state index contributed by atoms with van der Waals surface area (Å²) >= 11 is 0. The van der Waals surface area contributed by atoms with Crippen LogP contribution in [0, 0.1) is 0 Å². The van der Waals surface area contributed by atoms with Crippen LogP contribution >= 0.6 is 0 Å². The van der Waals surface area contributed by atoms with Crippen molar-refractivity contribution in [3.63, 3.8) is 0 Å². The molecule has 29 heavy (non-hydrogen) atoms. The molecule has 1 aliphatic heterocycles. The Morgan fingerprint density at radius 2 is 1.45 bits per heavy atom. The van der Waals surface area contributed by atoms with Crippen molar-refractivity contribution in [3.8, 4) is 17.2 Å². The van der Waals surface area contributed by atoms with Gasteiger partial charge in [0.15, 0.2) is 0 Å². The summed E-state index contributed by atoms with van der Waals surface area (Å²) in [5, 5.41) is 0. The molecule has 0 atom stereocenters. The molecule has 3 aromatic rings. The lowest BCUT2D eigenvalue weighted by molar-refractivity contribution is 0.193. The third-order valence-electron chi connectivity index (χ3n) is 5.46. The fraction of sp³-hybridized carbons (Fsp3) is 0.320. The Labute approximate surface area is 173 Å². The van der Waals surface area contributed by atoms with E-state index in [2.05, 4.69) is 22.0 Å². The number of benzene rings is 2. The quantitative estimate of drug-likeness (QED) is 0.476. The van der Waals surface area contributed by atoms with Gasteiger partial charge in [-0.15, -0.1) is 0 Å². The van der Waals surface area contributed by atoms with E-state index in [4.69, 9.17) is 9.47 Å². The molecule has 4 rings (SSSR count). The molecule has 0 spiro atoms. The minimum Gasteiger partial charge on any atom is -0.494 e. The molecule has 0 aliphatic carbocycles. The molecule has 0 bridgehead atoms. The highest BCUT2D eigenvalue weighted by molar-refractivity contribution is 5.35. The molecule has 0 saturated carbocycles. The molecular weight excluding hydrogens is 360 g/mol. The highest BCUT2D eigenvalue weighted by Crippen LogP contribution is 2.27. The highest BCUT2D eigenvalue weighted by atomic mass is 16.5. The predicted molar refractivity (Wildman–Crippen MR) is 116 cm³/mol. The number of piperidine rings is 1.